The summed E-state index contributed by atoms with van der Waals surface area (Å²) in [6.07, 6.45) is 1.45. The minimum absolute atomic E-state index is 0.0600. The van der Waals surface area contributed by atoms with Crippen molar-refractivity contribution in [3.05, 3.63) is 57.7 Å². The van der Waals surface area contributed by atoms with E-state index >= 15 is 0 Å². The maximum atomic E-state index is 13.5. The average Bonchev–Trinajstić information content (AvgIpc) is 3.05. The molecular formula is C16H15Cl2FN2O3. The van der Waals surface area contributed by atoms with Crippen molar-refractivity contribution >= 4 is 35.0 Å². The molecule has 1 aromatic heterocycles. The summed E-state index contributed by atoms with van der Waals surface area (Å²) in [5.41, 5.74) is 0.423. The molecule has 0 aliphatic carbocycles. The first kappa shape index (κ1) is 18.3. The van der Waals surface area contributed by atoms with Gasteiger partial charge in [0.25, 0.3) is 5.91 Å². The minimum atomic E-state index is -0.608. The first-order valence-electron chi connectivity index (χ1n) is 7.14. The first-order valence-corrected chi connectivity index (χ1v) is 7.89. The number of hydrogen-bond acceptors (Lipinski definition) is 3. The second-order valence-corrected chi connectivity index (χ2v) is 5.87. The standard InChI is InChI=1S/C16H15Cl2FN2O3/c1-9(10-7-13(19)12(18)8-11(10)17)21-15(22)4-5-20-16(23)14-3-2-6-24-14/h2-3,6-9H,4-5H2,1H3,(H,20,23)(H,21,22). The molecule has 8 heteroatoms. The van der Waals surface area contributed by atoms with Crippen molar-refractivity contribution in [3.63, 3.8) is 0 Å². The van der Waals surface area contributed by atoms with Gasteiger partial charge in [-0.05, 0) is 36.8 Å². The molecule has 0 aliphatic rings. The highest BCUT2D eigenvalue weighted by atomic mass is 35.5. The van der Waals surface area contributed by atoms with E-state index in [0.29, 0.717) is 5.56 Å². The quantitative estimate of drug-likeness (QED) is 0.759. The largest absolute Gasteiger partial charge is 0.459 e. The fourth-order valence-corrected chi connectivity index (χ4v) is 2.59. The van der Waals surface area contributed by atoms with E-state index in [1.807, 2.05) is 0 Å². The second kappa shape index (κ2) is 8.17. The number of amides is 2. The lowest BCUT2D eigenvalue weighted by molar-refractivity contribution is -0.121. The molecule has 1 unspecified atom stereocenters. The van der Waals surface area contributed by atoms with E-state index in [1.54, 1.807) is 13.0 Å². The molecule has 2 N–H and O–H groups in total. The predicted molar refractivity (Wildman–Crippen MR) is 88.6 cm³/mol. The van der Waals surface area contributed by atoms with Crippen LogP contribution >= 0.6 is 23.2 Å². The van der Waals surface area contributed by atoms with Crippen LogP contribution in [0.2, 0.25) is 10.0 Å². The molecule has 0 spiro atoms. The summed E-state index contributed by atoms with van der Waals surface area (Å²) in [5, 5.41) is 5.43. The Morgan fingerprint density at radius 2 is 2.04 bits per heavy atom. The molecule has 24 heavy (non-hydrogen) atoms. The van der Waals surface area contributed by atoms with Crippen molar-refractivity contribution < 1.29 is 18.4 Å². The second-order valence-electron chi connectivity index (χ2n) is 5.06. The van der Waals surface area contributed by atoms with E-state index in [1.165, 1.54) is 24.5 Å². The summed E-state index contributed by atoms with van der Waals surface area (Å²) in [5.74, 6) is -1.15. The molecule has 0 bridgehead atoms. The van der Waals surface area contributed by atoms with Gasteiger partial charge in [0.2, 0.25) is 5.91 Å². The highest BCUT2D eigenvalue weighted by molar-refractivity contribution is 6.35. The number of rotatable bonds is 6. The first-order chi connectivity index (χ1) is 11.4. The normalized spacial score (nSPS) is 11.8. The smallest absolute Gasteiger partial charge is 0.286 e. The minimum Gasteiger partial charge on any atom is -0.459 e. The van der Waals surface area contributed by atoms with E-state index in [0.717, 1.165) is 0 Å². The van der Waals surface area contributed by atoms with Crippen LogP contribution in [0.5, 0.6) is 0 Å². The topological polar surface area (TPSA) is 71.3 Å². The van der Waals surface area contributed by atoms with Crippen LogP contribution < -0.4 is 10.6 Å². The van der Waals surface area contributed by atoms with E-state index in [2.05, 4.69) is 10.6 Å². The lowest BCUT2D eigenvalue weighted by Crippen LogP contribution is -2.32. The van der Waals surface area contributed by atoms with Gasteiger partial charge in [0.1, 0.15) is 5.82 Å². The van der Waals surface area contributed by atoms with Gasteiger partial charge in [-0.1, -0.05) is 23.2 Å². The Morgan fingerprint density at radius 3 is 2.71 bits per heavy atom. The maximum absolute atomic E-state index is 13.5. The van der Waals surface area contributed by atoms with Crippen LogP contribution in [-0.4, -0.2) is 18.4 Å². The van der Waals surface area contributed by atoms with Gasteiger partial charge >= 0.3 is 0 Å². The molecule has 0 aliphatic heterocycles. The van der Waals surface area contributed by atoms with Crippen molar-refractivity contribution in [2.24, 2.45) is 0 Å². The molecule has 2 aromatic rings. The summed E-state index contributed by atoms with van der Waals surface area (Å²) in [6, 6.07) is 5.10. The van der Waals surface area contributed by atoms with Crippen molar-refractivity contribution in [1.82, 2.24) is 10.6 Å². The Bertz CT molecular complexity index is 735. The Labute approximate surface area is 148 Å². The lowest BCUT2D eigenvalue weighted by atomic mass is 10.1. The summed E-state index contributed by atoms with van der Waals surface area (Å²) >= 11 is 11.7. The molecule has 1 heterocycles. The van der Waals surface area contributed by atoms with Crippen LogP contribution in [0.4, 0.5) is 4.39 Å². The molecule has 5 nitrogen and oxygen atoms in total. The van der Waals surface area contributed by atoms with Crippen LogP contribution in [0.3, 0.4) is 0 Å². The summed E-state index contributed by atoms with van der Waals surface area (Å²) in [4.78, 5) is 23.5. The Balaban J connectivity index is 1.84. The molecule has 2 rings (SSSR count). The zero-order valence-corrected chi connectivity index (χ0v) is 14.2. The average molecular weight is 373 g/mol. The molecule has 0 fully saturated rings. The van der Waals surface area contributed by atoms with Gasteiger partial charge in [-0.3, -0.25) is 9.59 Å². The maximum Gasteiger partial charge on any atom is 0.286 e. The van der Waals surface area contributed by atoms with Crippen LogP contribution in [-0.2, 0) is 4.79 Å². The monoisotopic (exact) mass is 372 g/mol. The van der Waals surface area contributed by atoms with Crippen molar-refractivity contribution in [3.8, 4) is 0 Å². The SMILES string of the molecule is CC(NC(=O)CCNC(=O)c1ccco1)c1cc(F)c(Cl)cc1Cl. The fourth-order valence-electron chi connectivity index (χ4n) is 2.05. The Kier molecular flexibility index (Phi) is 6.23. The molecule has 1 aromatic carbocycles. The third kappa shape index (κ3) is 4.72. The summed E-state index contributed by atoms with van der Waals surface area (Å²) in [7, 11) is 0. The number of halogens is 3. The predicted octanol–water partition coefficient (Wildman–Crippen LogP) is 3.72. The lowest BCUT2D eigenvalue weighted by Gasteiger charge is -2.16. The molecule has 0 radical (unpaired) electrons. The van der Waals surface area contributed by atoms with E-state index < -0.39 is 17.8 Å². The third-order valence-corrected chi connectivity index (χ3v) is 3.88. The number of nitrogens with one attached hydrogen (secondary N) is 2. The van der Waals surface area contributed by atoms with Gasteiger partial charge in [0, 0.05) is 18.0 Å². The van der Waals surface area contributed by atoms with Crippen molar-refractivity contribution in [2.75, 3.05) is 6.54 Å². The van der Waals surface area contributed by atoms with Gasteiger partial charge in [-0.25, -0.2) is 4.39 Å². The molecule has 1 atom stereocenters. The molecular weight excluding hydrogens is 358 g/mol. The van der Waals surface area contributed by atoms with Crippen LogP contribution in [0, 0.1) is 5.82 Å². The highest BCUT2D eigenvalue weighted by Crippen LogP contribution is 2.28. The van der Waals surface area contributed by atoms with Crippen molar-refractivity contribution in [1.29, 1.82) is 0 Å². The van der Waals surface area contributed by atoms with Crippen molar-refractivity contribution in [2.45, 2.75) is 19.4 Å². The fraction of sp³-hybridized carbons (Fsp3) is 0.250. The number of furan rings is 1. The third-order valence-electron chi connectivity index (χ3n) is 3.27. The van der Waals surface area contributed by atoms with Crippen LogP contribution in [0.1, 0.15) is 35.5 Å². The van der Waals surface area contributed by atoms with Gasteiger partial charge < -0.3 is 15.1 Å². The summed E-state index contributed by atoms with van der Waals surface area (Å²) < 4.78 is 18.5. The van der Waals surface area contributed by atoms with E-state index in [-0.39, 0.29) is 34.7 Å². The Morgan fingerprint density at radius 1 is 1.29 bits per heavy atom. The Hall–Kier alpha value is -2.05. The number of hydrogen-bond donors (Lipinski definition) is 2. The molecule has 2 amide bonds. The number of benzene rings is 1. The zero-order chi connectivity index (χ0) is 17.7. The van der Waals surface area contributed by atoms with E-state index in [4.69, 9.17) is 27.6 Å². The van der Waals surface area contributed by atoms with Gasteiger partial charge in [0.15, 0.2) is 5.76 Å². The number of carbonyl (C=O) groups excluding carboxylic acids is 2. The highest BCUT2D eigenvalue weighted by Gasteiger charge is 2.16. The van der Waals surface area contributed by atoms with E-state index in [9.17, 15) is 14.0 Å². The summed E-state index contributed by atoms with van der Waals surface area (Å²) in [6.45, 7) is 1.81. The van der Waals surface area contributed by atoms with Crippen LogP contribution in [0.25, 0.3) is 0 Å². The van der Waals surface area contributed by atoms with Crippen LogP contribution in [0.15, 0.2) is 34.9 Å². The zero-order valence-electron chi connectivity index (χ0n) is 12.7. The molecule has 0 saturated carbocycles. The molecule has 0 saturated heterocycles. The molecule has 128 valence electrons. The van der Waals surface area contributed by atoms with Gasteiger partial charge in [-0.2, -0.15) is 0 Å². The van der Waals surface area contributed by atoms with Gasteiger partial charge in [0.05, 0.1) is 17.3 Å². The van der Waals surface area contributed by atoms with Gasteiger partial charge in [-0.15, -0.1) is 0 Å². The number of carbonyl (C=O) groups is 2.